The maximum absolute atomic E-state index is 12.6. The third kappa shape index (κ3) is 4.42. The van der Waals surface area contributed by atoms with Crippen molar-refractivity contribution in [1.82, 2.24) is 9.88 Å². The number of nitrogens with zero attached hydrogens (tertiary/aromatic N) is 2. The summed E-state index contributed by atoms with van der Waals surface area (Å²) in [5.41, 5.74) is 8.09. The van der Waals surface area contributed by atoms with Crippen LogP contribution in [-0.2, 0) is 11.2 Å². The van der Waals surface area contributed by atoms with Crippen LogP contribution >= 0.6 is 12.4 Å². The van der Waals surface area contributed by atoms with Crippen LogP contribution in [0.25, 0.3) is 0 Å². The molecule has 1 fully saturated rings. The minimum Gasteiger partial charge on any atom is -0.342 e. The zero-order chi connectivity index (χ0) is 18.1. The quantitative estimate of drug-likeness (QED) is 0.851. The van der Waals surface area contributed by atoms with Gasteiger partial charge in [0.2, 0.25) is 5.91 Å². The fourth-order valence-electron chi connectivity index (χ4n) is 3.40. The minimum atomic E-state index is -0.366. The van der Waals surface area contributed by atoms with Gasteiger partial charge >= 0.3 is 0 Å². The number of nitrogens with one attached hydrogen (secondary N) is 1. The van der Waals surface area contributed by atoms with Crippen LogP contribution in [0.15, 0.2) is 4.79 Å². The van der Waals surface area contributed by atoms with E-state index in [2.05, 4.69) is 18.8 Å². The number of H-pyrrole nitrogens is 1. The normalized spacial score (nSPS) is 19.0. The van der Waals surface area contributed by atoms with Crippen LogP contribution in [-0.4, -0.2) is 34.9 Å². The van der Waals surface area contributed by atoms with Gasteiger partial charge in [-0.05, 0) is 43.2 Å². The molecule has 1 saturated heterocycles. The first-order valence-electron chi connectivity index (χ1n) is 8.33. The van der Waals surface area contributed by atoms with E-state index in [4.69, 9.17) is 11.0 Å². The second-order valence-corrected chi connectivity index (χ2v) is 7.37. The van der Waals surface area contributed by atoms with E-state index in [9.17, 15) is 9.59 Å². The van der Waals surface area contributed by atoms with Crippen LogP contribution in [0.1, 0.15) is 49.1 Å². The summed E-state index contributed by atoms with van der Waals surface area (Å²) >= 11 is 0. The molecule has 1 atom stereocenters. The molecule has 1 aromatic heterocycles. The third-order valence-electron chi connectivity index (χ3n) is 5.17. The number of amides is 1. The van der Waals surface area contributed by atoms with Gasteiger partial charge in [0.05, 0.1) is 0 Å². The highest BCUT2D eigenvalue weighted by molar-refractivity contribution is 5.85. The summed E-state index contributed by atoms with van der Waals surface area (Å²) in [6, 6.07) is 2.06. The van der Waals surface area contributed by atoms with Gasteiger partial charge in [0.25, 0.3) is 5.56 Å². The molecule has 0 bridgehead atoms. The van der Waals surface area contributed by atoms with E-state index in [1.807, 2.05) is 11.0 Å². The van der Waals surface area contributed by atoms with E-state index in [-0.39, 0.29) is 40.9 Å². The smallest absolute Gasteiger partial charge is 0.266 e. The molecule has 25 heavy (non-hydrogen) atoms. The number of aromatic nitrogens is 1. The predicted octanol–water partition coefficient (Wildman–Crippen LogP) is 1.80. The zero-order valence-electron chi connectivity index (χ0n) is 15.3. The number of rotatable bonds is 3. The molecule has 1 aliphatic rings. The lowest BCUT2D eigenvalue weighted by atomic mass is 9.79. The molecule has 138 valence electrons. The Bertz CT molecular complexity index is 749. The zero-order valence-corrected chi connectivity index (χ0v) is 16.1. The summed E-state index contributed by atoms with van der Waals surface area (Å²) in [5.74, 6) is 0.0958. The van der Waals surface area contributed by atoms with E-state index in [0.29, 0.717) is 31.5 Å². The lowest BCUT2D eigenvalue weighted by Gasteiger charge is -2.42. The van der Waals surface area contributed by atoms with Gasteiger partial charge in [-0.1, -0.05) is 13.8 Å². The summed E-state index contributed by atoms with van der Waals surface area (Å²) in [7, 11) is 0. The first kappa shape index (κ1) is 21.2. The Morgan fingerprint density at radius 1 is 1.44 bits per heavy atom. The van der Waals surface area contributed by atoms with Crippen molar-refractivity contribution in [2.75, 3.05) is 13.1 Å². The molecule has 0 spiro atoms. The Balaban J connectivity index is 0.00000312. The average Bonchev–Trinajstić information content (AvgIpc) is 2.49. The molecule has 6 nitrogen and oxygen atoms in total. The summed E-state index contributed by atoms with van der Waals surface area (Å²) in [4.78, 5) is 28.9. The molecule has 2 rings (SSSR count). The van der Waals surface area contributed by atoms with Crippen molar-refractivity contribution >= 4 is 18.3 Å². The standard InChI is InChI=1S/C18H26N4O2.ClH/c1-11-13(12(2)21-17(24)14(11)9-19)5-6-16(23)22-8-7-15(20)18(3,4)10-22;/h15H,5-8,10,20H2,1-4H3,(H,21,24);1H. The van der Waals surface area contributed by atoms with Gasteiger partial charge in [0, 0.05) is 31.2 Å². The Morgan fingerprint density at radius 3 is 2.64 bits per heavy atom. The highest BCUT2D eigenvalue weighted by Gasteiger charge is 2.35. The number of likely N-dealkylation sites (tertiary alicyclic amines) is 1. The number of aromatic amines is 1. The Labute approximate surface area is 154 Å². The number of carbonyl (C=O) groups is 1. The summed E-state index contributed by atoms with van der Waals surface area (Å²) in [6.45, 7) is 9.11. The average molecular weight is 367 g/mol. The number of halogens is 1. The number of nitriles is 1. The van der Waals surface area contributed by atoms with Crippen LogP contribution in [0.4, 0.5) is 0 Å². The molecule has 1 aromatic rings. The van der Waals surface area contributed by atoms with Crippen molar-refractivity contribution in [2.45, 2.75) is 53.0 Å². The van der Waals surface area contributed by atoms with Crippen LogP contribution in [0, 0.1) is 30.6 Å². The minimum absolute atomic E-state index is 0. The number of aryl methyl sites for hydroxylation is 1. The molecular formula is C18H27ClN4O2. The highest BCUT2D eigenvalue weighted by Crippen LogP contribution is 2.28. The van der Waals surface area contributed by atoms with Gasteiger partial charge in [-0.25, -0.2) is 0 Å². The molecule has 7 heteroatoms. The molecule has 2 heterocycles. The second kappa shape index (κ2) is 8.03. The molecule has 0 radical (unpaired) electrons. The highest BCUT2D eigenvalue weighted by atomic mass is 35.5. The van der Waals surface area contributed by atoms with Crippen LogP contribution in [0.3, 0.4) is 0 Å². The van der Waals surface area contributed by atoms with Crippen LogP contribution in [0.2, 0.25) is 0 Å². The maximum Gasteiger partial charge on any atom is 0.266 e. The number of carbonyl (C=O) groups excluding carboxylic acids is 1. The molecule has 1 aliphatic heterocycles. The van der Waals surface area contributed by atoms with E-state index < -0.39 is 0 Å². The number of pyridine rings is 1. The largest absolute Gasteiger partial charge is 0.342 e. The van der Waals surface area contributed by atoms with Crippen molar-refractivity contribution in [1.29, 1.82) is 5.26 Å². The fraction of sp³-hybridized carbons (Fsp3) is 0.611. The number of piperidine rings is 1. The lowest BCUT2D eigenvalue weighted by molar-refractivity contribution is -0.134. The Morgan fingerprint density at radius 2 is 2.08 bits per heavy atom. The SMILES string of the molecule is Cc1[nH]c(=O)c(C#N)c(C)c1CCC(=O)N1CCC(N)C(C)(C)C1.Cl. The summed E-state index contributed by atoms with van der Waals surface area (Å²) in [5, 5.41) is 9.12. The second-order valence-electron chi connectivity index (χ2n) is 7.37. The summed E-state index contributed by atoms with van der Waals surface area (Å²) < 4.78 is 0. The molecule has 0 aliphatic carbocycles. The van der Waals surface area contributed by atoms with E-state index >= 15 is 0 Å². The van der Waals surface area contributed by atoms with Gasteiger partial charge in [0.1, 0.15) is 11.6 Å². The lowest BCUT2D eigenvalue weighted by Crippen LogP contribution is -2.54. The van der Waals surface area contributed by atoms with Gasteiger partial charge < -0.3 is 15.6 Å². The first-order chi connectivity index (χ1) is 11.2. The first-order valence-corrected chi connectivity index (χ1v) is 8.33. The predicted molar refractivity (Wildman–Crippen MR) is 99.8 cm³/mol. The fourth-order valence-corrected chi connectivity index (χ4v) is 3.40. The third-order valence-corrected chi connectivity index (χ3v) is 5.17. The van der Waals surface area contributed by atoms with Gasteiger partial charge in [-0.3, -0.25) is 9.59 Å². The van der Waals surface area contributed by atoms with Crippen molar-refractivity contribution in [3.8, 4) is 6.07 Å². The van der Waals surface area contributed by atoms with Crippen LogP contribution in [0.5, 0.6) is 0 Å². The van der Waals surface area contributed by atoms with E-state index in [1.54, 1.807) is 13.8 Å². The monoisotopic (exact) mass is 366 g/mol. The van der Waals surface area contributed by atoms with Crippen molar-refractivity contribution in [3.05, 3.63) is 32.7 Å². The van der Waals surface area contributed by atoms with Crippen molar-refractivity contribution in [3.63, 3.8) is 0 Å². The maximum atomic E-state index is 12.6. The molecule has 3 N–H and O–H groups in total. The van der Waals surface area contributed by atoms with Crippen molar-refractivity contribution < 1.29 is 4.79 Å². The molecule has 0 aromatic carbocycles. The van der Waals surface area contributed by atoms with Gasteiger partial charge in [0.15, 0.2) is 0 Å². The molecule has 1 unspecified atom stereocenters. The number of hydrogen-bond donors (Lipinski definition) is 2. The molecular weight excluding hydrogens is 340 g/mol. The van der Waals surface area contributed by atoms with E-state index in [1.165, 1.54) is 0 Å². The number of hydrogen-bond acceptors (Lipinski definition) is 4. The Hall–Kier alpha value is -1.84. The van der Waals surface area contributed by atoms with Gasteiger partial charge in [-0.2, -0.15) is 5.26 Å². The number of nitrogens with two attached hydrogens (primary N) is 1. The van der Waals surface area contributed by atoms with Crippen LogP contribution < -0.4 is 11.3 Å². The van der Waals surface area contributed by atoms with Gasteiger partial charge in [-0.15, -0.1) is 12.4 Å². The topological polar surface area (TPSA) is 103 Å². The Kier molecular flexibility index (Phi) is 6.81. The molecule has 0 saturated carbocycles. The molecule has 1 amide bonds. The van der Waals surface area contributed by atoms with E-state index in [0.717, 1.165) is 17.7 Å². The van der Waals surface area contributed by atoms with Crippen molar-refractivity contribution in [2.24, 2.45) is 11.1 Å². The summed E-state index contributed by atoms with van der Waals surface area (Å²) in [6.07, 6.45) is 1.70.